The van der Waals surface area contributed by atoms with E-state index in [-0.39, 0.29) is 17.7 Å². The van der Waals surface area contributed by atoms with E-state index >= 15 is 0 Å². The van der Waals surface area contributed by atoms with Crippen molar-refractivity contribution in [2.45, 2.75) is 20.3 Å². The lowest BCUT2D eigenvalue weighted by molar-refractivity contribution is -0.385. The molecule has 0 bridgehead atoms. The summed E-state index contributed by atoms with van der Waals surface area (Å²) in [6.07, 6.45) is -0.106. The first-order chi connectivity index (χ1) is 11.2. The Balaban J connectivity index is 2.31. The van der Waals surface area contributed by atoms with Gasteiger partial charge in [0.1, 0.15) is 0 Å². The van der Waals surface area contributed by atoms with Gasteiger partial charge in [0.15, 0.2) is 5.75 Å². The standard InChI is InChI=1S/C15H14N2O7/c1-7-9(14(19)20)6-10(8(2)16-7)15(21)24-12-5-3-4-11(13(12)18)17(22)23/h3-5,9,18H,6H2,1-2H3,(H,19,20). The van der Waals surface area contributed by atoms with Gasteiger partial charge in [0.25, 0.3) is 0 Å². The van der Waals surface area contributed by atoms with Crippen LogP contribution in [0.4, 0.5) is 5.69 Å². The number of aromatic hydroxyl groups is 1. The van der Waals surface area contributed by atoms with Crippen LogP contribution >= 0.6 is 0 Å². The van der Waals surface area contributed by atoms with Crippen molar-refractivity contribution in [2.24, 2.45) is 10.9 Å². The Morgan fingerprint density at radius 1 is 1.38 bits per heavy atom. The number of aliphatic imine (C=N–C) groups is 1. The third-order valence-corrected chi connectivity index (χ3v) is 3.61. The number of hydrogen-bond donors (Lipinski definition) is 2. The Bertz CT molecular complexity index is 795. The number of carbonyl (C=O) groups is 2. The Labute approximate surface area is 136 Å². The predicted octanol–water partition coefficient (Wildman–Crippen LogP) is 2.05. The number of rotatable bonds is 4. The van der Waals surface area contributed by atoms with Crippen molar-refractivity contribution < 1.29 is 29.5 Å². The maximum Gasteiger partial charge on any atom is 0.341 e. The number of carboxylic acid groups (broad SMARTS) is 1. The number of aliphatic carboxylic acids is 1. The van der Waals surface area contributed by atoms with Crippen molar-refractivity contribution in [3.8, 4) is 11.5 Å². The highest BCUT2D eigenvalue weighted by atomic mass is 16.6. The predicted molar refractivity (Wildman–Crippen MR) is 81.9 cm³/mol. The highest BCUT2D eigenvalue weighted by molar-refractivity contribution is 6.04. The van der Waals surface area contributed by atoms with Crippen LogP contribution in [0, 0.1) is 16.0 Å². The van der Waals surface area contributed by atoms with Gasteiger partial charge in [0.05, 0.1) is 16.4 Å². The van der Waals surface area contributed by atoms with Crippen molar-refractivity contribution in [3.63, 3.8) is 0 Å². The molecule has 1 aromatic carbocycles. The average Bonchev–Trinajstić information content (AvgIpc) is 2.48. The molecule has 9 heteroatoms. The molecular weight excluding hydrogens is 320 g/mol. The second-order valence-electron chi connectivity index (χ2n) is 5.18. The van der Waals surface area contributed by atoms with E-state index in [2.05, 4.69) is 4.99 Å². The van der Waals surface area contributed by atoms with Crippen molar-refractivity contribution in [2.75, 3.05) is 0 Å². The van der Waals surface area contributed by atoms with E-state index < -0.39 is 34.2 Å². The number of ether oxygens (including phenoxy) is 1. The zero-order valence-electron chi connectivity index (χ0n) is 12.8. The molecule has 0 fully saturated rings. The highest BCUT2D eigenvalue weighted by Crippen LogP contribution is 2.36. The zero-order chi connectivity index (χ0) is 18.0. The third kappa shape index (κ3) is 3.24. The van der Waals surface area contributed by atoms with E-state index in [0.29, 0.717) is 11.4 Å². The molecule has 0 spiro atoms. The molecule has 1 aromatic rings. The van der Waals surface area contributed by atoms with E-state index in [1.54, 1.807) is 6.92 Å². The number of hydrogen-bond acceptors (Lipinski definition) is 7. The fourth-order valence-electron chi connectivity index (χ4n) is 2.31. The first-order valence-electron chi connectivity index (χ1n) is 6.88. The first-order valence-corrected chi connectivity index (χ1v) is 6.88. The van der Waals surface area contributed by atoms with Gasteiger partial charge in [-0.2, -0.15) is 0 Å². The van der Waals surface area contributed by atoms with Crippen LogP contribution in [0.15, 0.2) is 34.5 Å². The van der Waals surface area contributed by atoms with Gasteiger partial charge in [0.2, 0.25) is 5.75 Å². The SMILES string of the molecule is CC1=NC(C)=C(C(=O)Oc2cccc([N+](=O)[O-])c2O)CC1C(=O)O. The molecule has 2 rings (SSSR count). The molecule has 1 aliphatic rings. The van der Waals surface area contributed by atoms with Crippen molar-refractivity contribution in [1.29, 1.82) is 0 Å². The third-order valence-electron chi connectivity index (χ3n) is 3.61. The maximum atomic E-state index is 12.3. The number of allylic oxidation sites excluding steroid dienone is 1. The molecule has 2 N–H and O–H groups in total. The van der Waals surface area contributed by atoms with Crippen molar-refractivity contribution in [3.05, 3.63) is 39.6 Å². The van der Waals surface area contributed by atoms with Gasteiger partial charge in [-0.3, -0.25) is 19.9 Å². The second kappa shape index (κ2) is 6.49. The number of nitro benzene ring substituents is 1. The lowest BCUT2D eigenvalue weighted by atomic mass is 9.91. The summed E-state index contributed by atoms with van der Waals surface area (Å²) in [5.41, 5.74) is 0.112. The first kappa shape index (κ1) is 17.1. The number of nitrogens with zero attached hydrogens (tertiary/aromatic N) is 2. The Morgan fingerprint density at radius 2 is 2.04 bits per heavy atom. The number of phenolic OH excluding ortho intramolecular Hbond substituents is 1. The molecule has 0 saturated heterocycles. The second-order valence-corrected chi connectivity index (χ2v) is 5.18. The molecule has 1 aliphatic heterocycles. The average molecular weight is 334 g/mol. The zero-order valence-corrected chi connectivity index (χ0v) is 12.8. The van der Waals surface area contributed by atoms with Crippen LogP contribution in [0.2, 0.25) is 0 Å². The molecule has 0 amide bonds. The lowest BCUT2D eigenvalue weighted by Crippen LogP contribution is -2.28. The summed E-state index contributed by atoms with van der Waals surface area (Å²) >= 11 is 0. The van der Waals surface area contributed by atoms with E-state index in [4.69, 9.17) is 9.84 Å². The fraction of sp³-hybridized carbons (Fsp3) is 0.267. The van der Waals surface area contributed by atoms with E-state index in [1.807, 2.05) is 0 Å². The minimum Gasteiger partial charge on any atom is -0.499 e. The molecule has 9 nitrogen and oxygen atoms in total. The molecule has 0 radical (unpaired) electrons. The summed E-state index contributed by atoms with van der Waals surface area (Å²) in [6.45, 7) is 3.09. The number of carboxylic acids is 1. The highest BCUT2D eigenvalue weighted by Gasteiger charge is 2.31. The summed E-state index contributed by atoms with van der Waals surface area (Å²) in [7, 11) is 0. The topological polar surface area (TPSA) is 139 Å². The largest absolute Gasteiger partial charge is 0.499 e. The van der Waals surface area contributed by atoms with Gasteiger partial charge in [0, 0.05) is 17.5 Å². The van der Waals surface area contributed by atoms with Crippen LogP contribution in [0.1, 0.15) is 20.3 Å². The normalized spacial score (nSPS) is 17.2. The molecule has 1 heterocycles. The van der Waals surface area contributed by atoms with E-state index in [9.17, 15) is 24.8 Å². The minimum absolute atomic E-state index is 0.0407. The Morgan fingerprint density at radius 3 is 2.62 bits per heavy atom. The summed E-state index contributed by atoms with van der Waals surface area (Å²) in [5.74, 6) is -4.14. The summed E-state index contributed by atoms with van der Waals surface area (Å²) in [4.78, 5) is 37.5. The minimum atomic E-state index is -1.12. The molecule has 0 aromatic heterocycles. The van der Waals surface area contributed by atoms with Gasteiger partial charge >= 0.3 is 17.6 Å². The van der Waals surface area contributed by atoms with Gasteiger partial charge in [-0.25, -0.2) is 4.79 Å². The quantitative estimate of drug-likeness (QED) is 0.371. The monoisotopic (exact) mass is 334 g/mol. The molecule has 0 aliphatic carbocycles. The van der Waals surface area contributed by atoms with Crippen LogP contribution in [-0.2, 0) is 9.59 Å². The van der Waals surface area contributed by atoms with E-state index in [0.717, 1.165) is 6.07 Å². The van der Waals surface area contributed by atoms with Gasteiger partial charge in [-0.1, -0.05) is 6.07 Å². The van der Waals surface area contributed by atoms with Crippen LogP contribution < -0.4 is 4.74 Å². The number of para-hydroxylation sites is 1. The van der Waals surface area contributed by atoms with Crippen LogP contribution in [0.25, 0.3) is 0 Å². The van der Waals surface area contributed by atoms with Crippen molar-refractivity contribution in [1.82, 2.24) is 0 Å². The van der Waals surface area contributed by atoms with Gasteiger partial charge < -0.3 is 14.9 Å². The number of nitro groups is 1. The van der Waals surface area contributed by atoms with Crippen LogP contribution in [0.5, 0.6) is 11.5 Å². The molecular formula is C15H14N2O7. The molecule has 126 valence electrons. The molecule has 0 saturated carbocycles. The fourth-order valence-corrected chi connectivity index (χ4v) is 2.31. The summed E-state index contributed by atoms with van der Waals surface area (Å²) < 4.78 is 5.00. The van der Waals surface area contributed by atoms with Gasteiger partial charge in [-0.15, -0.1) is 0 Å². The number of phenols is 1. The van der Waals surface area contributed by atoms with Crippen LogP contribution in [-0.4, -0.2) is 32.8 Å². The molecule has 1 atom stereocenters. The number of esters is 1. The smallest absolute Gasteiger partial charge is 0.341 e. The van der Waals surface area contributed by atoms with Crippen molar-refractivity contribution >= 4 is 23.3 Å². The Kier molecular flexibility index (Phi) is 4.63. The lowest BCUT2D eigenvalue weighted by Gasteiger charge is -2.20. The number of carbonyl (C=O) groups excluding carboxylic acids is 1. The summed E-state index contributed by atoms with van der Waals surface area (Å²) in [5, 5.41) is 29.7. The maximum absolute atomic E-state index is 12.3. The summed E-state index contributed by atoms with van der Waals surface area (Å²) in [6, 6.07) is 3.51. The van der Waals surface area contributed by atoms with E-state index in [1.165, 1.54) is 19.1 Å². The number of benzene rings is 1. The van der Waals surface area contributed by atoms with Crippen LogP contribution in [0.3, 0.4) is 0 Å². The molecule has 1 unspecified atom stereocenters. The molecule has 24 heavy (non-hydrogen) atoms. The van der Waals surface area contributed by atoms with Gasteiger partial charge in [-0.05, 0) is 26.3 Å². The Hall–Kier alpha value is -3.23.